The summed E-state index contributed by atoms with van der Waals surface area (Å²) in [6.45, 7) is 0. The first-order valence-electron chi connectivity index (χ1n) is 8.35. The minimum atomic E-state index is -0.671. The molecule has 2 aromatic heterocycles. The summed E-state index contributed by atoms with van der Waals surface area (Å²) >= 11 is 12.1. The number of H-pyrrole nitrogens is 1. The van der Waals surface area contributed by atoms with Crippen molar-refractivity contribution < 1.29 is 13.5 Å². The number of aromatic nitrogens is 3. The Morgan fingerprint density at radius 2 is 2.03 bits per heavy atom. The van der Waals surface area contributed by atoms with Gasteiger partial charge in [0.05, 0.1) is 23.1 Å². The van der Waals surface area contributed by atoms with Crippen LogP contribution in [0.3, 0.4) is 0 Å². The first-order chi connectivity index (χ1) is 14.0. The fourth-order valence-corrected chi connectivity index (χ4v) is 3.08. The van der Waals surface area contributed by atoms with Gasteiger partial charge in [0.1, 0.15) is 11.4 Å². The molecule has 6 nitrogen and oxygen atoms in total. The summed E-state index contributed by atoms with van der Waals surface area (Å²) in [5.41, 5.74) is 1.20. The molecule has 0 bridgehead atoms. The number of hydrogen-bond donors (Lipinski definition) is 1. The lowest BCUT2D eigenvalue weighted by atomic mass is 10.1. The molecule has 0 aliphatic carbocycles. The fraction of sp³-hybridized carbons (Fsp3) is 0.0500. The van der Waals surface area contributed by atoms with E-state index < -0.39 is 5.82 Å². The Morgan fingerprint density at radius 3 is 2.79 bits per heavy atom. The second-order valence-electron chi connectivity index (χ2n) is 6.00. The molecule has 4 aromatic rings. The number of benzene rings is 2. The number of nitrogens with zero attached hydrogens (tertiary/aromatic N) is 3. The third-order valence-electron chi connectivity index (χ3n) is 3.99. The lowest BCUT2D eigenvalue weighted by Crippen LogP contribution is -1.98. The van der Waals surface area contributed by atoms with Crippen LogP contribution in [0.15, 0.2) is 53.1 Å². The van der Waals surface area contributed by atoms with Crippen LogP contribution in [0.5, 0.6) is 11.5 Å². The van der Waals surface area contributed by atoms with E-state index in [9.17, 15) is 0 Å². The summed E-state index contributed by atoms with van der Waals surface area (Å²) in [6, 6.07) is 12.9. The van der Waals surface area contributed by atoms with Crippen molar-refractivity contribution in [2.75, 3.05) is 0 Å². The van der Waals surface area contributed by atoms with E-state index in [4.69, 9.17) is 37.6 Å². The average Bonchev–Trinajstić information content (AvgIpc) is 3.38. The number of halogens is 3. The Labute approximate surface area is 174 Å². The van der Waals surface area contributed by atoms with Gasteiger partial charge >= 0.3 is 0 Å². The van der Waals surface area contributed by atoms with Crippen molar-refractivity contribution in [2.24, 2.45) is 0 Å². The van der Waals surface area contributed by atoms with E-state index >= 15 is 4.39 Å². The molecule has 0 radical (unpaired) electrons. The standard InChI is InChI=1S/C20H11Cl2FN4O2/c21-13-6-11(10-24)7-14(9-13)28-19-15(22)4-3-12(18(19)23)8-17-26-27-20(29-17)16-2-1-5-25-16/h1-7,9,25H,8H2. The highest BCUT2D eigenvalue weighted by molar-refractivity contribution is 6.32. The summed E-state index contributed by atoms with van der Waals surface area (Å²) < 4.78 is 26.2. The molecule has 0 saturated heterocycles. The van der Waals surface area contributed by atoms with E-state index in [1.165, 1.54) is 30.3 Å². The van der Waals surface area contributed by atoms with Gasteiger partial charge in [0, 0.05) is 16.8 Å². The molecule has 0 fully saturated rings. The van der Waals surface area contributed by atoms with Crippen LogP contribution in [-0.4, -0.2) is 15.2 Å². The predicted molar refractivity (Wildman–Crippen MR) is 105 cm³/mol. The lowest BCUT2D eigenvalue weighted by Gasteiger charge is -2.11. The summed E-state index contributed by atoms with van der Waals surface area (Å²) in [4.78, 5) is 2.96. The monoisotopic (exact) mass is 428 g/mol. The molecular weight excluding hydrogens is 418 g/mol. The zero-order valence-electron chi connectivity index (χ0n) is 14.6. The third-order valence-corrected chi connectivity index (χ3v) is 4.50. The van der Waals surface area contributed by atoms with Crippen LogP contribution in [0, 0.1) is 17.1 Å². The average molecular weight is 429 g/mol. The number of hydrogen-bond acceptors (Lipinski definition) is 5. The van der Waals surface area contributed by atoms with Crippen molar-refractivity contribution in [1.82, 2.24) is 15.2 Å². The summed E-state index contributed by atoms with van der Waals surface area (Å²) in [7, 11) is 0. The van der Waals surface area contributed by atoms with Crippen LogP contribution in [0.2, 0.25) is 10.0 Å². The number of aromatic amines is 1. The van der Waals surface area contributed by atoms with Gasteiger partial charge in [-0.1, -0.05) is 29.3 Å². The largest absolute Gasteiger partial charge is 0.453 e. The topological polar surface area (TPSA) is 87.7 Å². The van der Waals surface area contributed by atoms with Gasteiger partial charge < -0.3 is 14.1 Å². The molecule has 2 aromatic carbocycles. The molecule has 0 aliphatic rings. The maximum absolute atomic E-state index is 15.1. The van der Waals surface area contributed by atoms with Crippen LogP contribution in [0.25, 0.3) is 11.6 Å². The van der Waals surface area contributed by atoms with Crippen molar-refractivity contribution >= 4 is 23.2 Å². The molecular formula is C20H11Cl2FN4O2. The summed E-state index contributed by atoms with van der Waals surface area (Å²) in [5.74, 6) is -0.121. The van der Waals surface area contributed by atoms with E-state index in [0.29, 0.717) is 11.6 Å². The van der Waals surface area contributed by atoms with Crippen LogP contribution >= 0.6 is 23.2 Å². The van der Waals surface area contributed by atoms with E-state index in [1.807, 2.05) is 6.07 Å². The molecule has 0 spiro atoms. The smallest absolute Gasteiger partial charge is 0.264 e. The Kier molecular flexibility index (Phi) is 5.21. The van der Waals surface area contributed by atoms with Gasteiger partial charge in [0.2, 0.25) is 5.89 Å². The number of ether oxygens (including phenoxy) is 1. The van der Waals surface area contributed by atoms with Gasteiger partial charge in [-0.3, -0.25) is 0 Å². The maximum Gasteiger partial charge on any atom is 0.264 e. The summed E-state index contributed by atoms with van der Waals surface area (Å²) in [5, 5.41) is 17.3. The zero-order chi connectivity index (χ0) is 20.4. The zero-order valence-corrected chi connectivity index (χ0v) is 16.1. The van der Waals surface area contributed by atoms with Gasteiger partial charge in [-0.25, -0.2) is 4.39 Å². The normalized spacial score (nSPS) is 10.7. The van der Waals surface area contributed by atoms with Crippen LogP contribution in [0.4, 0.5) is 4.39 Å². The Bertz CT molecular complexity index is 1220. The van der Waals surface area contributed by atoms with Crippen LogP contribution in [-0.2, 0) is 6.42 Å². The van der Waals surface area contributed by atoms with E-state index in [-0.39, 0.29) is 45.0 Å². The molecule has 0 saturated carbocycles. The fourth-order valence-electron chi connectivity index (χ4n) is 2.67. The first-order valence-corrected chi connectivity index (χ1v) is 9.10. The molecule has 0 aliphatic heterocycles. The van der Waals surface area contributed by atoms with Gasteiger partial charge in [0.15, 0.2) is 11.6 Å². The van der Waals surface area contributed by atoms with Crippen molar-refractivity contribution in [2.45, 2.75) is 6.42 Å². The quantitative estimate of drug-likeness (QED) is 0.436. The number of nitriles is 1. The first kappa shape index (κ1) is 19.0. The van der Waals surface area contributed by atoms with Crippen LogP contribution < -0.4 is 4.74 Å². The maximum atomic E-state index is 15.1. The molecule has 0 amide bonds. The van der Waals surface area contributed by atoms with Crippen molar-refractivity contribution in [1.29, 1.82) is 5.26 Å². The minimum Gasteiger partial charge on any atom is -0.453 e. The molecule has 9 heteroatoms. The molecule has 1 N–H and O–H groups in total. The van der Waals surface area contributed by atoms with Gasteiger partial charge in [-0.05, 0) is 36.4 Å². The molecule has 29 heavy (non-hydrogen) atoms. The Balaban J connectivity index is 1.62. The van der Waals surface area contributed by atoms with Gasteiger partial charge in [-0.15, -0.1) is 10.2 Å². The van der Waals surface area contributed by atoms with E-state index in [0.717, 1.165) is 0 Å². The second kappa shape index (κ2) is 7.95. The molecule has 0 unspecified atom stereocenters. The van der Waals surface area contributed by atoms with Crippen LogP contribution in [0.1, 0.15) is 17.0 Å². The third kappa shape index (κ3) is 4.09. The Hall–Kier alpha value is -3.34. The number of nitrogens with one attached hydrogen (secondary N) is 1. The minimum absolute atomic E-state index is 0.0477. The highest BCUT2D eigenvalue weighted by Crippen LogP contribution is 2.36. The van der Waals surface area contributed by atoms with E-state index in [1.54, 1.807) is 18.3 Å². The van der Waals surface area contributed by atoms with Crippen molar-refractivity contribution in [3.8, 4) is 29.2 Å². The Morgan fingerprint density at radius 1 is 1.17 bits per heavy atom. The number of rotatable bonds is 5. The molecule has 2 heterocycles. The second-order valence-corrected chi connectivity index (χ2v) is 6.84. The SMILES string of the molecule is N#Cc1cc(Cl)cc(Oc2c(Cl)ccc(Cc3nnc(-c4ccc[nH]4)o3)c2F)c1. The van der Waals surface area contributed by atoms with E-state index in [2.05, 4.69) is 15.2 Å². The lowest BCUT2D eigenvalue weighted by molar-refractivity contribution is 0.437. The molecule has 0 atom stereocenters. The predicted octanol–water partition coefficient (Wildman–Crippen LogP) is 5.77. The highest BCUT2D eigenvalue weighted by Gasteiger charge is 2.18. The summed E-state index contributed by atoms with van der Waals surface area (Å²) in [6.07, 6.45) is 1.78. The molecule has 4 rings (SSSR count). The van der Waals surface area contributed by atoms with Gasteiger partial charge in [0.25, 0.3) is 5.89 Å². The molecule has 144 valence electrons. The highest BCUT2D eigenvalue weighted by atomic mass is 35.5. The van der Waals surface area contributed by atoms with Crippen molar-refractivity contribution in [3.63, 3.8) is 0 Å². The van der Waals surface area contributed by atoms with Gasteiger partial charge in [-0.2, -0.15) is 5.26 Å². The van der Waals surface area contributed by atoms with Crippen molar-refractivity contribution in [3.05, 3.63) is 81.5 Å².